The summed E-state index contributed by atoms with van der Waals surface area (Å²) < 4.78 is 21.9. The Morgan fingerprint density at radius 3 is 2.38 bits per heavy atom. The van der Waals surface area contributed by atoms with Crippen LogP contribution in [0.5, 0.6) is 0 Å². The van der Waals surface area contributed by atoms with Crippen LogP contribution in [0.1, 0.15) is 12.5 Å². The fourth-order valence-electron chi connectivity index (χ4n) is 3.30. The maximum Gasteiger partial charge on any atom is 0.194 e. The zero-order valence-electron chi connectivity index (χ0n) is 19.0. The normalized spacial score (nSPS) is 26.6. The van der Waals surface area contributed by atoms with Gasteiger partial charge >= 0.3 is 0 Å². The monoisotopic (exact) mass is 516 g/mol. The summed E-state index contributed by atoms with van der Waals surface area (Å²) in [6.07, 6.45) is -4.82. The summed E-state index contributed by atoms with van der Waals surface area (Å²) in [7, 11) is 0. The Kier molecular flexibility index (Phi) is 12.6. The van der Waals surface area contributed by atoms with Gasteiger partial charge in [0, 0.05) is 13.0 Å². The van der Waals surface area contributed by atoms with Gasteiger partial charge in [-0.05, 0) is 36.8 Å². The summed E-state index contributed by atoms with van der Waals surface area (Å²) in [5.74, 6) is -1.57. The molecule has 1 fully saturated rings. The number of aliphatic hydroxyl groups excluding tert-OH is 4. The molecule has 5 N–H and O–H groups in total. The number of nitrogens with one attached hydrogen (secondary N) is 1. The fraction of sp³-hybridized carbons (Fsp3) is 0.636. The van der Waals surface area contributed by atoms with Crippen molar-refractivity contribution in [2.24, 2.45) is 4.99 Å². The van der Waals surface area contributed by atoms with Crippen LogP contribution in [0.4, 0.5) is 5.69 Å². The highest BCUT2D eigenvalue weighted by atomic mass is 32.1. The molecule has 1 aliphatic heterocycles. The van der Waals surface area contributed by atoms with Crippen molar-refractivity contribution >= 4 is 40.3 Å². The molecule has 1 heterocycles. The molecule has 0 amide bonds. The highest BCUT2D eigenvalue weighted by molar-refractivity contribution is 7.80. The Bertz CT molecular complexity index is 807. The molecule has 0 saturated carbocycles. The summed E-state index contributed by atoms with van der Waals surface area (Å²) >= 11 is 9.92. The number of hydrogen-bond acceptors (Lipinski definition) is 11. The van der Waals surface area contributed by atoms with Gasteiger partial charge in [0.05, 0.1) is 55.5 Å². The van der Waals surface area contributed by atoms with Crippen LogP contribution in [0, 0.1) is 0 Å². The van der Waals surface area contributed by atoms with Gasteiger partial charge in [-0.15, -0.1) is 0 Å². The molecule has 1 saturated heterocycles. The van der Waals surface area contributed by atoms with Crippen molar-refractivity contribution in [2.45, 2.75) is 43.5 Å². The summed E-state index contributed by atoms with van der Waals surface area (Å²) in [6, 6.07) is 7.59. The van der Waals surface area contributed by atoms with Crippen LogP contribution < -0.4 is 5.32 Å². The molecule has 2 rings (SSSR count). The van der Waals surface area contributed by atoms with Crippen molar-refractivity contribution in [3.05, 3.63) is 29.8 Å². The zero-order chi connectivity index (χ0) is 25.0. The number of isothiocyanates is 1. The van der Waals surface area contributed by atoms with E-state index in [1.165, 1.54) is 6.92 Å². The number of rotatable bonds is 14. The first kappa shape index (κ1) is 28.8. The molecule has 2 unspecified atom stereocenters. The SMILES string of the molecule is C[C@]1(OCCOCCOCCNC(=S)Cc2ccc(N=C=S)cc2)OC(CO)[C@@H](O)[C@H](O)C1O. The molecule has 190 valence electrons. The highest BCUT2D eigenvalue weighted by Crippen LogP contribution is 2.30. The predicted molar refractivity (Wildman–Crippen MR) is 131 cm³/mol. The second-order valence-corrected chi connectivity index (χ2v) is 8.43. The van der Waals surface area contributed by atoms with Crippen molar-refractivity contribution < 1.29 is 39.4 Å². The molecule has 1 aromatic rings. The predicted octanol–water partition coefficient (Wildman–Crippen LogP) is 0.120. The molecule has 0 bridgehead atoms. The standard InChI is InChI=1S/C22H32N2O8S2/c1-22(21(28)20(27)19(26)17(13-25)32-22)31-11-10-30-9-8-29-7-6-23-18(34)12-15-2-4-16(5-3-15)24-14-33/h2-5,17,19-21,25-28H,6-13H2,1H3,(H,23,34)/t17?,19-,20+,21?,22+/m1/s1. The lowest BCUT2D eigenvalue weighted by Gasteiger charge is -2.46. The second kappa shape index (κ2) is 14.9. The van der Waals surface area contributed by atoms with Crippen molar-refractivity contribution in [3.63, 3.8) is 0 Å². The van der Waals surface area contributed by atoms with Crippen LogP contribution in [0.2, 0.25) is 0 Å². The third kappa shape index (κ3) is 8.99. The molecule has 34 heavy (non-hydrogen) atoms. The van der Waals surface area contributed by atoms with Gasteiger partial charge in [-0.2, -0.15) is 4.99 Å². The van der Waals surface area contributed by atoms with E-state index < -0.39 is 36.8 Å². The lowest BCUT2D eigenvalue weighted by Crippen LogP contribution is -2.65. The van der Waals surface area contributed by atoms with Crippen LogP contribution in [-0.2, 0) is 25.4 Å². The van der Waals surface area contributed by atoms with Gasteiger partial charge < -0.3 is 44.7 Å². The van der Waals surface area contributed by atoms with Crippen molar-refractivity contribution in [2.75, 3.05) is 46.2 Å². The Balaban J connectivity index is 1.51. The van der Waals surface area contributed by atoms with E-state index in [2.05, 4.69) is 27.7 Å². The number of aliphatic imine (C=N–C) groups is 1. The van der Waals surface area contributed by atoms with Gasteiger partial charge in [0.2, 0.25) is 0 Å². The molecule has 5 atom stereocenters. The summed E-state index contributed by atoms with van der Waals surface area (Å²) in [4.78, 5) is 4.62. The average Bonchev–Trinajstić information content (AvgIpc) is 2.83. The van der Waals surface area contributed by atoms with Crippen molar-refractivity contribution in [1.82, 2.24) is 5.32 Å². The number of nitrogens with zero attached hydrogens (tertiary/aromatic N) is 1. The van der Waals surface area contributed by atoms with Gasteiger partial charge in [0.25, 0.3) is 0 Å². The molecule has 10 nitrogen and oxygen atoms in total. The first-order valence-corrected chi connectivity index (χ1v) is 11.7. The summed E-state index contributed by atoms with van der Waals surface area (Å²) in [5.41, 5.74) is 1.82. The van der Waals surface area contributed by atoms with Gasteiger partial charge in [-0.3, -0.25) is 0 Å². The molecule has 0 aliphatic carbocycles. The first-order valence-electron chi connectivity index (χ1n) is 10.9. The van der Waals surface area contributed by atoms with E-state index in [4.69, 9.17) is 31.2 Å². The topological polar surface area (TPSA) is 142 Å². The number of benzene rings is 1. The second-order valence-electron chi connectivity index (χ2n) is 7.75. The minimum atomic E-state index is -1.57. The minimum absolute atomic E-state index is 0.0726. The molecule has 0 spiro atoms. The van der Waals surface area contributed by atoms with Crippen LogP contribution in [0.25, 0.3) is 0 Å². The fourth-order valence-corrected chi connectivity index (χ4v) is 3.67. The van der Waals surface area contributed by atoms with E-state index >= 15 is 0 Å². The largest absolute Gasteiger partial charge is 0.394 e. The van der Waals surface area contributed by atoms with E-state index in [1.807, 2.05) is 24.3 Å². The maximum atomic E-state index is 10.1. The van der Waals surface area contributed by atoms with E-state index in [0.717, 1.165) is 11.3 Å². The van der Waals surface area contributed by atoms with E-state index in [0.29, 0.717) is 37.8 Å². The van der Waals surface area contributed by atoms with Gasteiger partial charge in [-0.1, -0.05) is 24.4 Å². The summed E-state index contributed by atoms with van der Waals surface area (Å²) in [6.45, 7) is 2.94. The number of hydrogen-bond donors (Lipinski definition) is 5. The van der Waals surface area contributed by atoms with Gasteiger partial charge in [0.1, 0.15) is 24.4 Å². The van der Waals surface area contributed by atoms with E-state index in [9.17, 15) is 20.4 Å². The van der Waals surface area contributed by atoms with Crippen molar-refractivity contribution in [3.8, 4) is 0 Å². The van der Waals surface area contributed by atoms with Crippen LogP contribution in [-0.4, -0.2) is 107 Å². The molecular weight excluding hydrogens is 484 g/mol. The maximum absolute atomic E-state index is 10.1. The van der Waals surface area contributed by atoms with Crippen LogP contribution in [0.15, 0.2) is 29.3 Å². The molecule has 12 heteroatoms. The third-order valence-electron chi connectivity index (χ3n) is 5.19. The average molecular weight is 517 g/mol. The smallest absolute Gasteiger partial charge is 0.194 e. The quantitative estimate of drug-likeness (QED) is 0.131. The van der Waals surface area contributed by atoms with Gasteiger partial charge in [0.15, 0.2) is 5.79 Å². The van der Waals surface area contributed by atoms with E-state index in [1.54, 1.807) is 0 Å². The Morgan fingerprint density at radius 2 is 1.74 bits per heavy atom. The molecular formula is C22H32N2O8S2. The number of ether oxygens (including phenoxy) is 4. The van der Waals surface area contributed by atoms with Crippen LogP contribution in [0.3, 0.4) is 0 Å². The molecule has 0 aromatic heterocycles. The Morgan fingerprint density at radius 1 is 1.09 bits per heavy atom. The number of aliphatic hydroxyl groups is 4. The minimum Gasteiger partial charge on any atom is -0.394 e. The highest BCUT2D eigenvalue weighted by Gasteiger charge is 2.51. The Labute approximate surface area is 209 Å². The summed E-state index contributed by atoms with van der Waals surface area (Å²) in [5, 5.41) is 44.6. The first-order chi connectivity index (χ1) is 16.3. The molecule has 1 aliphatic rings. The zero-order valence-corrected chi connectivity index (χ0v) is 20.6. The lowest BCUT2D eigenvalue weighted by atomic mass is 9.93. The molecule has 1 aromatic carbocycles. The number of thiocarbonyl (C=S) groups is 2. The molecule has 0 radical (unpaired) electrons. The van der Waals surface area contributed by atoms with Crippen LogP contribution >= 0.6 is 24.4 Å². The van der Waals surface area contributed by atoms with Gasteiger partial charge in [-0.25, -0.2) is 0 Å². The lowest BCUT2D eigenvalue weighted by molar-refractivity contribution is -0.357. The van der Waals surface area contributed by atoms with E-state index in [-0.39, 0.29) is 13.2 Å². The van der Waals surface area contributed by atoms with Crippen molar-refractivity contribution in [1.29, 1.82) is 0 Å². The third-order valence-corrected chi connectivity index (χ3v) is 5.57. The Hall–Kier alpha value is -1.41.